The lowest BCUT2D eigenvalue weighted by Gasteiger charge is -2.08. The van der Waals surface area contributed by atoms with Crippen LogP contribution in [-0.2, 0) is 0 Å². The molecular formula is C15H12BrNOS2. The average Bonchev–Trinajstić information content (AvgIpc) is 2.80. The molecule has 102 valence electrons. The molecule has 0 saturated carbocycles. The number of rotatable bonds is 3. The first-order chi connectivity index (χ1) is 9.63. The van der Waals surface area contributed by atoms with Crippen LogP contribution in [0.25, 0.3) is 10.2 Å². The average molecular weight is 366 g/mol. The molecule has 3 aromatic rings. The van der Waals surface area contributed by atoms with Crippen LogP contribution in [0.1, 0.15) is 18.6 Å². The van der Waals surface area contributed by atoms with Gasteiger partial charge in [0.05, 0.1) is 16.3 Å². The van der Waals surface area contributed by atoms with Gasteiger partial charge >= 0.3 is 0 Å². The van der Waals surface area contributed by atoms with Gasteiger partial charge < -0.3 is 5.11 Å². The second-order valence-electron chi connectivity index (χ2n) is 4.41. The van der Waals surface area contributed by atoms with Crippen LogP contribution in [0.4, 0.5) is 0 Å². The van der Waals surface area contributed by atoms with Crippen molar-refractivity contribution in [3.05, 3.63) is 52.5 Å². The molecule has 20 heavy (non-hydrogen) atoms. The molecule has 0 unspecified atom stereocenters. The highest BCUT2D eigenvalue weighted by Gasteiger charge is 2.09. The fraction of sp³-hybridized carbons (Fsp3) is 0.133. The Bertz CT molecular complexity index is 721. The third kappa shape index (κ3) is 2.91. The lowest BCUT2D eigenvalue weighted by atomic mass is 10.1. The van der Waals surface area contributed by atoms with Crippen LogP contribution in [0, 0.1) is 0 Å². The number of benzene rings is 2. The first-order valence-electron chi connectivity index (χ1n) is 6.14. The summed E-state index contributed by atoms with van der Waals surface area (Å²) in [5, 5.41) is 9.63. The van der Waals surface area contributed by atoms with E-state index in [9.17, 15) is 5.11 Å². The highest BCUT2D eigenvalue weighted by atomic mass is 79.9. The summed E-state index contributed by atoms with van der Waals surface area (Å²) in [4.78, 5) is 5.72. The van der Waals surface area contributed by atoms with Crippen LogP contribution in [0.3, 0.4) is 0 Å². The van der Waals surface area contributed by atoms with Crippen molar-refractivity contribution >= 4 is 49.2 Å². The second-order valence-corrected chi connectivity index (χ2v) is 7.61. The van der Waals surface area contributed by atoms with Crippen LogP contribution in [-0.4, -0.2) is 10.1 Å². The molecule has 1 N–H and O–H groups in total. The predicted molar refractivity (Wildman–Crippen MR) is 88.5 cm³/mol. The summed E-state index contributed by atoms with van der Waals surface area (Å²) in [6, 6.07) is 14.1. The number of fused-ring (bicyclic) bond motifs is 1. The summed E-state index contributed by atoms with van der Waals surface area (Å²) in [7, 11) is 0. The Hall–Kier alpha value is -0.880. The van der Waals surface area contributed by atoms with Gasteiger partial charge in [-0.05, 0) is 36.8 Å². The van der Waals surface area contributed by atoms with E-state index < -0.39 is 6.10 Å². The van der Waals surface area contributed by atoms with Gasteiger partial charge in [-0.25, -0.2) is 4.98 Å². The molecule has 1 aromatic heterocycles. The number of thiazole rings is 1. The Morgan fingerprint density at radius 3 is 2.75 bits per heavy atom. The zero-order valence-electron chi connectivity index (χ0n) is 10.7. The van der Waals surface area contributed by atoms with Crippen molar-refractivity contribution in [2.24, 2.45) is 0 Å². The summed E-state index contributed by atoms with van der Waals surface area (Å²) in [6.45, 7) is 1.76. The van der Waals surface area contributed by atoms with Gasteiger partial charge in [-0.2, -0.15) is 0 Å². The van der Waals surface area contributed by atoms with Gasteiger partial charge in [0, 0.05) is 9.37 Å². The van der Waals surface area contributed by atoms with Gasteiger partial charge in [-0.15, -0.1) is 11.3 Å². The molecule has 0 saturated heterocycles. The Labute approximate surface area is 134 Å². The van der Waals surface area contributed by atoms with E-state index in [0.29, 0.717) is 0 Å². The Morgan fingerprint density at radius 1 is 1.25 bits per heavy atom. The maximum absolute atomic E-state index is 9.63. The van der Waals surface area contributed by atoms with Gasteiger partial charge in [0.15, 0.2) is 4.34 Å². The predicted octanol–water partition coefficient (Wildman–Crippen LogP) is 5.26. The van der Waals surface area contributed by atoms with E-state index >= 15 is 0 Å². The molecule has 0 aliphatic carbocycles. The third-order valence-corrected chi connectivity index (χ3v) is 5.67. The number of halogens is 1. The minimum Gasteiger partial charge on any atom is -0.389 e. The molecule has 2 aromatic carbocycles. The van der Waals surface area contributed by atoms with Gasteiger partial charge in [0.25, 0.3) is 0 Å². The van der Waals surface area contributed by atoms with Crippen molar-refractivity contribution in [3.63, 3.8) is 0 Å². The first kappa shape index (κ1) is 14.1. The van der Waals surface area contributed by atoms with Crippen molar-refractivity contribution in [2.75, 3.05) is 0 Å². The molecule has 0 radical (unpaired) electrons. The number of nitrogens with zero attached hydrogens (tertiary/aromatic N) is 1. The van der Waals surface area contributed by atoms with E-state index in [1.165, 1.54) is 4.70 Å². The van der Waals surface area contributed by atoms with Crippen LogP contribution in [0.2, 0.25) is 0 Å². The van der Waals surface area contributed by atoms with E-state index in [4.69, 9.17) is 0 Å². The number of para-hydroxylation sites is 1. The third-order valence-electron chi connectivity index (χ3n) is 2.90. The van der Waals surface area contributed by atoms with E-state index in [0.717, 1.165) is 24.8 Å². The molecule has 1 atom stereocenters. The van der Waals surface area contributed by atoms with E-state index in [2.05, 4.69) is 27.0 Å². The molecule has 1 heterocycles. The first-order valence-corrected chi connectivity index (χ1v) is 8.57. The number of hydrogen-bond donors (Lipinski definition) is 1. The Morgan fingerprint density at radius 2 is 2.05 bits per heavy atom. The van der Waals surface area contributed by atoms with E-state index in [-0.39, 0.29) is 0 Å². The van der Waals surface area contributed by atoms with Crippen LogP contribution >= 0.6 is 39.0 Å². The zero-order valence-corrected chi connectivity index (χ0v) is 13.9. The zero-order chi connectivity index (χ0) is 14.1. The van der Waals surface area contributed by atoms with Crippen molar-refractivity contribution in [1.82, 2.24) is 4.98 Å². The number of aliphatic hydroxyl groups excluding tert-OH is 1. The van der Waals surface area contributed by atoms with E-state index in [1.807, 2.05) is 36.4 Å². The molecule has 0 aliphatic heterocycles. The van der Waals surface area contributed by atoms with Crippen LogP contribution in [0.15, 0.2) is 56.2 Å². The summed E-state index contributed by atoms with van der Waals surface area (Å²) in [6.07, 6.45) is -0.467. The molecular weight excluding hydrogens is 354 g/mol. The summed E-state index contributed by atoms with van der Waals surface area (Å²) in [5.41, 5.74) is 1.94. The van der Waals surface area contributed by atoms with Crippen molar-refractivity contribution in [2.45, 2.75) is 22.3 Å². The van der Waals surface area contributed by atoms with Crippen LogP contribution in [0.5, 0.6) is 0 Å². The number of aromatic nitrogens is 1. The second kappa shape index (κ2) is 5.85. The van der Waals surface area contributed by atoms with Gasteiger partial charge in [0.2, 0.25) is 0 Å². The van der Waals surface area contributed by atoms with Crippen LogP contribution < -0.4 is 0 Å². The SMILES string of the molecule is C[C@@H](O)c1ccc(Sc2nc3ccccc3s2)cc1Br. The van der Waals surface area contributed by atoms with Crippen molar-refractivity contribution in [3.8, 4) is 0 Å². The number of aliphatic hydroxyl groups is 1. The molecule has 5 heteroatoms. The lowest BCUT2D eigenvalue weighted by Crippen LogP contribution is -1.92. The van der Waals surface area contributed by atoms with Crippen molar-refractivity contribution in [1.29, 1.82) is 0 Å². The smallest absolute Gasteiger partial charge is 0.155 e. The summed E-state index contributed by atoms with van der Waals surface area (Å²) < 4.78 is 3.16. The minimum atomic E-state index is -0.467. The molecule has 0 spiro atoms. The standard InChI is InChI=1S/C15H12BrNOS2/c1-9(18)11-7-6-10(8-12(11)16)19-15-17-13-4-2-3-5-14(13)20-15/h2-9,18H,1H3/t9-/m1/s1. The molecule has 0 amide bonds. The molecule has 0 fully saturated rings. The Balaban J connectivity index is 1.89. The lowest BCUT2D eigenvalue weighted by molar-refractivity contribution is 0.198. The maximum atomic E-state index is 9.63. The van der Waals surface area contributed by atoms with Gasteiger partial charge in [-0.1, -0.05) is 45.9 Å². The fourth-order valence-electron chi connectivity index (χ4n) is 1.91. The maximum Gasteiger partial charge on any atom is 0.155 e. The monoisotopic (exact) mass is 365 g/mol. The topological polar surface area (TPSA) is 33.1 Å². The number of hydrogen-bond acceptors (Lipinski definition) is 4. The summed E-state index contributed by atoms with van der Waals surface area (Å²) in [5.74, 6) is 0. The van der Waals surface area contributed by atoms with Gasteiger partial charge in [-0.3, -0.25) is 0 Å². The summed E-state index contributed by atoms with van der Waals surface area (Å²) >= 11 is 6.84. The Kier molecular flexibility index (Phi) is 4.12. The fourth-order valence-corrected chi connectivity index (χ4v) is 4.85. The normalized spacial score (nSPS) is 12.8. The molecule has 2 nitrogen and oxygen atoms in total. The minimum absolute atomic E-state index is 0.467. The largest absolute Gasteiger partial charge is 0.389 e. The van der Waals surface area contributed by atoms with Gasteiger partial charge in [0.1, 0.15) is 0 Å². The molecule has 0 aliphatic rings. The van der Waals surface area contributed by atoms with Crippen molar-refractivity contribution < 1.29 is 5.11 Å². The molecule has 3 rings (SSSR count). The highest BCUT2D eigenvalue weighted by Crippen LogP contribution is 2.36. The quantitative estimate of drug-likeness (QED) is 0.686. The molecule has 0 bridgehead atoms. The van der Waals surface area contributed by atoms with E-state index in [1.54, 1.807) is 30.0 Å². The highest BCUT2D eigenvalue weighted by molar-refractivity contribution is 9.10.